The number of hydrogen-bond acceptors (Lipinski definition) is 1. The van der Waals surface area contributed by atoms with Crippen molar-refractivity contribution >= 4 is 6.21 Å². The first-order chi connectivity index (χ1) is 3.39. The van der Waals surface area contributed by atoms with Crippen LogP contribution in [-0.2, 0) is 0 Å². The Hall–Kier alpha value is -1.14. The highest BCUT2D eigenvalue weighted by Gasteiger charge is 2.00. The fourth-order valence-corrected chi connectivity index (χ4v) is 0.366. The van der Waals surface area contributed by atoms with Gasteiger partial charge in [0.1, 0.15) is 6.08 Å². The average molecular weight is 94.1 g/mol. The van der Waals surface area contributed by atoms with E-state index >= 15 is 0 Å². The standard InChI is InChI=1S/C5H5N2/c6-5-3-1-2-4-7-5/h1-2,4H,(H2,6,7)/q+1/p+1. The van der Waals surface area contributed by atoms with Crippen LogP contribution < -0.4 is 10.7 Å². The van der Waals surface area contributed by atoms with Gasteiger partial charge in [-0.3, -0.25) is 5.73 Å². The Morgan fingerprint density at radius 1 is 1.71 bits per heavy atom. The lowest BCUT2D eigenvalue weighted by atomic mass is 10.4. The first-order valence-electron chi connectivity index (χ1n) is 2.03. The molecular formula is C5H6N2+2. The maximum Gasteiger partial charge on any atom is 0.420 e. The van der Waals surface area contributed by atoms with Gasteiger partial charge in [0.25, 0.3) is 0 Å². The Balaban J connectivity index is 2.82. The van der Waals surface area contributed by atoms with Gasteiger partial charge in [0, 0.05) is 0 Å². The molecule has 0 fully saturated rings. The van der Waals surface area contributed by atoms with E-state index in [0.717, 1.165) is 0 Å². The third-order valence-corrected chi connectivity index (χ3v) is 0.670. The highest BCUT2D eigenvalue weighted by molar-refractivity contribution is 5.66. The molecule has 0 bridgehead atoms. The fourth-order valence-electron chi connectivity index (χ4n) is 0.366. The second-order valence-electron chi connectivity index (χ2n) is 1.23. The third-order valence-electron chi connectivity index (χ3n) is 0.670. The van der Waals surface area contributed by atoms with E-state index in [2.05, 4.69) is 11.1 Å². The summed E-state index contributed by atoms with van der Waals surface area (Å²) >= 11 is 0. The summed E-state index contributed by atoms with van der Waals surface area (Å²) in [7, 11) is 0. The molecule has 3 N–H and O–H groups in total. The molecule has 0 aromatic rings. The molecule has 34 valence electrons. The smallest absolute Gasteiger partial charge is 0.260 e. The monoisotopic (exact) mass is 94.1 g/mol. The predicted molar refractivity (Wildman–Crippen MR) is 27.1 cm³/mol. The maximum absolute atomic E-state index is 5.25. The largest absolute Gasteiger partial charge is 0.420 e. The Kier molecular flexibility index (Phi) is 0.886. The molecule has 0 aromatic carbocycles. The summed E-state index contributed by atoms with van der Waals surface area (Å²) < 4.78 is 0. The van der Waals surface area contributed by atoms with Gasteiger partial charge in [-0.1, -0.05) is 0 Å². The molecule has 0 aliphatic carbocycles. The molecule has 0 atom stereocenters. The van der Waals surface area contributed by atoms with Crippen LogP contribution in [0.5, 0.6) is 0 Å². The average Bonchev–Trinajstić information content (AvgIpc) is 1.69. The summed E-state index contributed by atoms with van der Waals surface area (Å²) in [6, 6.07) is 0. The Labute approximate surface area is 42.0 Å². The normalized spacial score (nSPS) is 15.7. The van der Waals surface area contributed by atoms with Gasteiger partial charge in [0.15, 0.2) is 18.4 Å². The first kappa shape index (κ1) is 4.03. The molecular weight excluding hydrogens is 88.1 g/mol. The molecule has 2 nitrogen and oxygen atoms in total. The van der Waals surface area contributed by atoms with Gasteiger partial charge in [-0.25, -0.2) is 4.99 Å². The van der Waals surface area contributed by atoms with E-state index < -0.39 is 0 Å². The van der Waals surface area contributed by atoms with Crippen LogP contribution in [0, 0.1) is 6.08 Å². The number of hydrogen-bond donors (Lipinski definition) is 2. The molecule has 0 saturated carbocycles. The lowest BCUT2D eigenvalue weighted by molar-refractivity contribution is -0.393. The Morgan fingerprint density at radius 3 is 2.86 bits per heavy atom. The topological polar surface area (TPSA) is 40.0 Å². The summed E-state index contributed by atoms with van der Waals surface area (Å²) in [5, 5.41) is 0. The first-order valence-corrected chi connectivity index (χ1v) is 2.03. The molecule has 0 spiro atoms. The van der Waals surface area contributed by atoms with Crippen molar-refractivity contribution in [3.8, 4) is 0 Å². The summed E-state index contributed by atoms with van der Waals surface area (Å²) in [6.45, 7) is 0. The van der Waals surface area contributed by atoms with Crippen LogP contribution in [0.4, 0.5) is 0 Å². The fraction of sp³-hybridized carbons (Fsp3) is 0. The summed E-state index contributed by atoms with van der Waals surface area (Å²) in [5.41, 5.74) is 5.25. The lowest BCUT2D eigenvalue weighted by Crippen LogP contribution is -2.69. The van der Waals surface area contributed by atoms with E-state index in [9.17, 15) is 0 Å². The van der Waals surface area contributed by atoms with Crippen LogP contribution in [-0.4, -0.2) is 6.21 Å². The molecule has 0 unspecified atom stereocenters. The van der Waals surface area contributed by atoms with Gasteiger partial charge < -0.3 is 0 Å². The molecule has 1 rings (SSSR count). The second kappa shape index (κ2) is 1.54. The maximum atomic E-state index is 5.25. The minimum atomic E-state index is 0.572. The number of rotatable bonds is 0. The SMILES string of the molecule is NC1=[C+]C=CC=[NH+]1. The van der Waals surface area contributed by atoms with Gasteiger partial charge in [0.05, 0.1) is 0 Å². The molecule has 0 radical (unpaired) electrons. The zero-order valence-electron chi connectivity index (χ0n) is 3.81. The van der Waals surface area contributed by atoms with Gasteiger partial charge in [0.2, 0.25) is 0 Å². The lowest BCUT2D eigenvalue weighted by Gasteiger charge is -1.72. The molecule has 2 heteroatoms. The number of allylic oxidation sites excluding steroid dienone is 3. The predicted octanol–water partition coefficient (Wildman–Crippen LogP) is -1.69. The van der Waals surface area contributed by atoms with E-state index in [1.54, 1.807) is 12.3 Å². The molecule has 1 heterocycles. The van der Waals surface area contributed by atoms with Crippen LogP contribution in [0.15, 0.2) is 18.0 Å². The zero-order chi connectivity index (χ0) is 5.11. The molecule has 1 aliphatic heterocycles. The van der Waals surface area contributed by atoms with Crippen LogP contribution >= 0.6 is 0 Å². The Morgan fingerprint density at radius 2 is 2.57 bits per heavy atom. The van der Waals surface area contributed by atoms with Crippen LogP contribution in [0.1, 0.15) is 0 Å². The van der Waals surface area contributed by atoms with Crippen LogP contribution in [0.25, 0.3) is 0 Å². The number of nitrogens with two attached hydrogens (primary N) is 1. The van der Waals surface area contributed by atoms with Crippen molar-refractivity contribution < 1.29 is 4.99 Å². The van der Waals surface area contributed by atoms with Crippen LogP contribution in [0.3, 0.4) is 0 Å². The highest BCUT2D eigenvalue weighted by Crippen LogP contribution is 1.71. The second-order valence-corrected chi connectivity index (χ2v) is 1.23. The van der Waals surface area contributed by atoms with Crippen LogP contribution in [0.2, 0.25) is 0 Å². The highest BCUT2D eigenvalue weighted by atomic mass is 14.9. The van der Waals surface area contributed by atoms with Crippen molar-refractivity contribution in [2.45, 2.75) is 0 Å². The summed E-state index contributed by atoms with van der Waals surface area (Å²) in [5.74, 6) is 0.572. The summed E-state index contributed by atoms with van der Waals surface area (Å²) in [6.07, 6.45) is 8.09. The van der Waals surface area contributed by atoms with Gasteiger partial charge in [-0.05, 0) is 0 Å². The molecule has 7 heavy (non-hydrogen) atoms. The number of nitrogens with one attached hydrogen (secondary N) is 1. The van der Waals surface area contributed by atoms with E-state index in [1.165, 1.54) is 0 Å². The van der Waals surface area contributed by atoms with Crippen molar-refractivity contribution in [1.29, 1.82) is 0 Å². The van der Waals surface area contributed by atoms with E-state index in [4.69, 9.17) is 5.73 Å². The zero-order valence-corrected chi connectivity index (χ0v) is 3.81. The quantitative estimate of drug-likeness (QED) is 0.345. The van der Waals surface area contributed by atoms with Crippen molar-refractivity contribution in [2.75, 3.05) is 0 Å². The third kappa shape index (κ3) is 0.845. The Bertz CT molecular complexity index is 142. The minimum absolute atomic E-state index is 0.572. The van der Waals surface area contributed by atoms with Gasteiger partial charge in [-0.15, -0.1) is 0 Å². The molecule has 0 saturated heterocycles. The molecule has 0 aromatic heterocycles. The van der Waals surface area contributed by atoms with E-state index in [0.29, 0.717) is 5.82 Å². The molecule has 0 amide bonds. The van der Waals surface area contributed by atoms with Crippen molar-refractivity contribution in [2.24, 2.45) is 5.73 Å². The van der Waals surface area contributed by atoms with Crippen molar-refractivity contribution in [1.82, 2.24) is 0 Å². The van der Waals surface area contributed by atoms with Gasteiger partial charge in [-0.2, -0.15) is 0 Å². The summed E-state index contributed by atoms with van der Waals surface area (Å²) in [4.78, 5) is 2.75. The van der Waals surface area contributed by atoms with Crippen molar-refractivity contribution in [3.05, 3.63) is 24.0 Å². The minimum Gasteiger partial charge on any atom is -0.260 e. The molecule has 1 aliphatic rings. The van der Waals surface area contributed by atoms with E-state index in [-0.39, 0.29) is 0 Å². The van der Waals surface area contributed by atoms with Crippen molar-refractivity contribution in [3.63, 3.8) is 0 Å². The van der Waals surface area contributed by atoms with E-state index in [1.807, 2.05) is 6.08 Å². The van der Waals surface area contributed by atoms with Gasteiger partial charge >= 0.3 is 5.82 Å².